The summed E-state index contributed by atoms with van der Waals surface area (Å²) in [7, 11) is -2.49. The molecule has 5 nitrogen and oxygen atoms in total. The van der Waals surface area contributed by atoms with Gasteiger partial charge in [-0.25, -0.2) is 0 Å². The molecule has 0 bridgehead atoms. The van der Waals surface area contributed by atoms with Gasteiger partial charge in [0, 0.05) is 13.7 Å². The zero-order valence-corrected chi connectivity index (χ0v) is 22.3. The molecular weight excluding hydrogens is 386 g/mol. The summed E-state index contributed by atoms with van der Waals surface area (Å²) in [5, 5.41) is 0. The van der Waals surface area contributed by atoms with E-state index in [1.165, 1.54) is 0 Å². The molecule has 0 aromatic heterocycles. The van der Waals surface area contributed by atoms with Crippen molar-refractivity contribution >= 4 is 22.8 Å². The highest BCUT2D eigenvalue weighted by Gasteiger charge is 2.48. The fourth-order valence-corrected chi connectivity index (χ4v) is 11.4. The Morgan fingerprint density at radius 2 is 1.54 bits per heavy atom. The van der Waals surface area contributed by atoms with E-state index in [0.29, 0.717) is 23.2 Å². The molecule has 0 aliphatic carbocycles. The summed E-state index contributed by atoms with van der Waals surface area (Å²) < 4.78 is 18.0. The lowest BCUT2D eigenvalue weighted by Crippen LogP contribution is -2.50. The Morgan fingerprint density at radius 3 is 1.93 bits per heavy atom. The van der Waals surface area contributed by atoms with Crippen LogP contribution in [0.15, 0.2) is 0 Å². The van der Waals surface area contributed by atoms with Crippen LogP contribution in [0, 0.1) is 0 Å². The van der Waals surface area contributed by atoms with E-state index in [4.69, 9.17) is 13.3 Å². The predicted octanol–water partition coefficient (Wildman–Crippen LogP) is 5.56. The minimum absolute atomic E-state index is 0.0569. The molecule has 0 rings (SSSR count). The number of hydrogen-bond donors (Lipinski definition) is 0. The maximum Gasteiger partial charge on any atom is 0.334 e. The highest BCUT2D eigenvalue weighted by Crippen LogP contribution is 2.42. The Labute approximate surface area is 176 Å². The first-order valence-electron chi connectivity index (χ1n) is 11.1. The SMILES string of the molecule is CCCO[Si](C)(CCCN(CC)CC(=O)O[Si](C(C)C)(C(C)C)C(C)C)OC. The molecule has 1 unspecified atom stereocenters. The van der Waals surface area contributed by atoms with Gasteiger partial charge < -0.3 is 13.3 Å². The highest BCUT2D eigenvalue weighted by molar-refractivity contribution is 6.78. The molecule has 0 fully saturated rings. The van der Waals surface area contributed by atoms with Crippen molar-refractivity contribution in [3.63, 3.8) is 0 Å². The molecule has 1 atom stereocenters. The molecule has 0 N–H and O–H groups in total. The van der Waals surface area contributed by atoms with Crippen molar-refractivity contribution in [2.75, 3.05) is 33.4 Å². The van der Waals surface area contributed by atoms with E-state index in [-0.39, 0.29) is 5.97 Å². The molecule has 28 heavy (non-hydrogen) atoms. The summed E-state index contributed by atoms with van der Waals surface area (Å²) in [6, 6.07) is 0.942. The molecule has 168 valence electrons. The van der Waals surface area contributed by atoms with Crippen LogP contribution in [0.3, 0.4) is 0 Å². The molecule has 0 aliphatic heterocycles. The first-order valence-corrected chi connectivity index (χ1v) is 15.8. The van der Waals surface area contributed by atoms with Crippen LogP contribution >= 0.6 is 0 Å². The Hall–Kier alpha value is -0.216. The van der Waals surface area contributed by atoms with Crippen LogP contribution < -0.4 is 0 Å². The quantitative estimate of drug-likeness (QED) is 0.316. The number of carbonyl (C=O) groups excluding carboxylic acids is 1. The van der Waals surface area contributed by atoms with E-state index in [1.54, 1.807) is 7.11 Å². The van der Waals surface area contributed by atoms with Gasteiger partial charge in [0.15, 0.2) is 0 Å². The molecule has 0 aromatic rings. The second kappa shape index (κ2) is 13.2. The third-order valence-electron chi connectivity index (χ3n) is 5.95. The fraction of sp³-hybridized carbons (Fsp3) is 0.952. The monoisotopic (exact) mass is 433 g/mol. The first-order chi connectivity index (χ1) is 13.0. The summed E-state index contributed by atoms with van der Waals surface area (Å²) in [5.41, 5.74) is 1.24. The van der Waals surface area contributed by atoms with Gasteiger partial charge in [0.25, 0.3) is 8.32 Å². The summed E-state index contributed by atoms with van der Waals surface area (Å²) in [6.45, 7) is 22.5. The van der Waals surface area contributed by atoms with Gasteiger partial charge in [-0.05, 0) is 55.1 Å². The van der Waals surface area contributed by atoms with Crippen molar-refractivity contribution in [2.24, 2.45) is 0 Å². The Kier molecular flexibility index (Phi) is 13.1. The minimum atomic E-state index is -2.16. The first kappa shape index (κ1) is 27.8. The molecule has 0 saturated carbocycles. The Balaban J connectivity index is 4.82. The number of likely N-dealkylation sites (N-methyl/N-ethyl adjacent to an activating group) is 1. The fourth-order valence-electron chi connectivity index (χ4n) is 4.29. The van der Waals surface area contributed by atoms with Gasteiger partial charge in [-0.1, -0.05) is 55.4 Å². The number of carbonyl (C=O) groups is 1. The van der Waals surface area contributed by atoms with Crippen molar-refractivity contribution < 1.29 is 18.1 Å². The Bertz CT molecular complexity index is 424. The van der Waals surface area contributed by atoms with Gasteiger partial charge in [0.2, 0.25) is 0 Å². The Morgan fingerprint density at radius 1 is 1.00 bits per heavy atom. The van der Waals surface area contributed by atoms with E-state index in [1.807, 2.05) is 0 Å². The lowest BCUT2D eigenvalue weighted by atomic mass is 10.4. The summed E-state index contributed by atoms with van der Waals surface area (Å²) in [5.74, 6) is -0.0569. The molecule has 0 aromatic carbocycles. The van der Waals surface area contributed by atoms with Gasteiger partial charge in [0.05, 0.1) is 6.54 Å². The van der Waals surface area contributed by atoms with E-state index in [2.05, 4.69) is 66.8 Å². The number of hydrogen-bond acceptors (Lipinski definition) is 5. The van der Waals surface area contributed by atoms with Crippen LogP contribution in [0.5, 0.6) is 0 Å². The predicted molar refractivity (Wildman–Crippen MR) is 124 cm³/mol. The smallest absolute Gasteiger partial charge is 0.334 e. The van der Waals surface area contributed by atoms with Crippen molar-refractivity contribution in [1.82, 2.24) is 4.90 Å². The molecule has 0 aliphatic rings. The zero-order valence-electron chi connectivity index (χ0n) is 20.3. The second-order valence-corrected chi connectivity index (χ2v) is 17.8. The maximum atomic E-state index is 12.8. The van der Waals surface area contributed by atoms with E-state index < -0.39 is 16.9 Å². The van der Waals surface area contributed by atoms with Gasteiger partial charge in [-0.2, -0.15) is 0 Å². The summed E-state index contributed by atoms with van der Waals surface area (Å²) in [4.78, 5) is 15.0. The normalized spacial score (nSPS) is 14.9. The lowest BCUT2D eigenvalue weighted by Gasteiger charge is -2.41. The van der Waals surface area contributed by atoms with Crippen LogP contribution in [0.25, 0.3) is 0 Å². The van der Waals surface area contributed by atoms with Gasteiger partial charge in [0.1, 0.15) is 0 Å². The van der Waals surface area contributed by atoms with E-state index in [9.17, 15) is 4.79 Å². The lowest BCUT2D eigenvalue weighted by molar-refractivity contribution is -0.137. The molecule has 0 saturated heterocycles. The topological polar surface area (TPSA) is 48.0 Å². The van der Waals surface area contributed by atoms with E-state index in [0.717, 1.165) is 38.6 Å². The molecule has 0 heterocycles. The average molecular weight is 434 g/mol. The largest absolute Gasteiger partial charge is 0.517 e. The van der Waals surface area contributed by atoms with E-state index >= 15 is 0 Å². The third-order valence-corrected chi connectivity index (χ3v) is 14.9. The summed E-state index contributed by atoms with van der Waals surface area (Å²) in [6.07, 6.45) is 1.98. The molecule has 0 radical (unpaired) electrons. The van der Waals surface area contributed by atoms with Crippen LogP contribution in [0.1, 0.15) is 68.2 Å². The zero-order chi connectivity index (χ0) is 22.0. The number of nitrogens with zero attached hydrogens (tertiary/aromatic N) is 1. The van der Waals surface area contributed by atoms with Gasteiger partial charge >= 0.3 is 14.5 Å². The van der Waals surface area contributed by atoms with Crippen LogP contribution in [-0.2, 0) is 18.1 Å². The molecule has 0 amide bonds. The van der Waals surface area contributed by atoms with Crippen molar-refractivity contribution in [1.29, 1.82) is 0 Å². The van der Waals surface area contributed by atoms with Crippen molar-refractivity contribution in [3.8, 4) is 0 Å². The molecule has 7 heteroatoms. The van der Waals surface area contributed by atoms with Crippen molar-refractivity contribution in [3.05, 3.63) is 0 Å². The van der Waals surface area contributed by atoms with Gasteiger partial charge in [-0.15, -0.1) is 0 Å². The standard InChI is InChI=1S/C21H47NO4Si2/c1-11-15-25-27(10,24-9)16-13-14-22(12-2)17-21(23)26-28(18(3)4,19(5)6)20(7)8/h18-20H,11-17H2,1-10H3. The highest BCUT2D eigenvalue weighted by atomic mass is 28.4. The molecule has 0 spiro atoms. The van der Waals surface area contributed by atoms with Crippen molar-refractivity contribution in [2.45, 2.75) is 97.4 Å². The van der Waals surface area contributed by atoms with Crippen LogP contribution in [-0.4, -0.2) is 61.1 Å². The van der Waals surface area contributed by atoms with Crippen LogP contribution in [0.4, 0.5) is 0 Å². The molecular formula is C21H47NO4Si2. The average Bonchev–Trinajstić information content (AvgIpc) is 2.62. The maximum absolute atomic E-state index is 12.8. The summed E-state index contributed by atoms with van der Waals surface area (Å²) >= 11 is 0. The van der Waals surface area contributed by atoms with Gasteiger partial charge in [-0.3, -0.25) is 9.69 Å². The van der Waals surface area contributed by atoms with Crippen LogP contribution in [0.2, 0.25) is 29.2 Å². The third kappa shape index (κ3) is 8.26. The minimum Gasteiger partial charge on any atom is -0.517 e. The number of rotatable bonds is 15. The second-order valence-electron chi connectivity index (χ2n) is 8.95.